The number of nitrogens with zero attached hydrogens (tertiary/aromatic N) is 1. The summed E-state index contributed by atoms with van der Waals surface area (Å²) in [6.07, 6.45) is 6.18. The molecule has 0 N–H and O–H groups in total. The van der Waals surface area contributed by atoms with E-state index in [0.717, 1.165) is 30.3 Å². The quantitative estimate of drug-likeness (QED) is 0.849. The van der Waals surface area contributed by atoms with Crippen molar-refractivity contribution in [3.8, 4) is 11.5 Å². The van der Waals surface area contributed by atoms with E-state index in [1.54, 1.807) is 14.2 Å². The van der Waals surface area contributed by atoms with Gasteiger partial charge >= 0.3 is 0 Å². The molecule has 0 aromatic heterocycles. The zero-order chi connectivity index (χ0) is 14.8. The van der Waals surface area contributed by atoms with E-state index in [0.29, 0.717) is 6.04 Å². The van der Waals surface area contributed by atoms with Crippen molar-refractivity contribution in [2.75, 3.05) is 27.3 Å². The molecule has 0 amide bonds. The number of likely N-dealkylation sites (tertiary alicyclic amines) is 1. The van der Waals surface area contributed by atoms with E-state index in [1.807, 2.05) is 0 Å². The lowest BCUT2D eigenvalue weighted by Gasteiger charge is -2.45. The highest BCUT2D eigenvalue weighted by Crippen LogP contribution is 2.42. The second-order valence-corrected chi connectivity index (χ2v) is 6.34. The van der Waals surface area contributed by atoms with Gasteiger partial charge in [0.15, 0.2) is 0 Å². The van der Waals surface area contributed by atoms with Crippen LogP contribution in [-0.4, -0.2) is 38.3 Å². The van der Waals surface area contributed by atoms with E-state index in [2.05, 4.69) is 24.0 Å². The van der Waals surface area contributed by atoms with Crippen molar-refractivity contribution < 1.29 is 9.47 Å². The summed E-state index contributed by atoms with van der Waals surface area (Å²) in [6.45, 7) is 4.77. The Kier molecular flexibility index (Phi) is 4.39. The van der Waals surface area contributed by atoms with Gasteiger partial charge in [0, 0.05) is 17.2 Å². The number of methoxy groups -OCH3 is 2. The number of rotatable bonds is 4. The molecule has 3 heteroatoms. The average Bonchev–Trinajstić information content (AvgIpc) is 2.52. The van der Waals surface area contributed by atoms with Crippen molar-refractivity contribution in [2.24, 2.45) is 5.92 Å². The first-order valence-electron chi connectivity index (χ1n) is 8.25. The van der Waals surface area contributed by atoms with E-state index >= 15 is 0 Å². The lowest BCUT2D eigenvalue weighted by Crippen LogP contribution is -2.49. The van der Waals surface area contributed by atoms with E-state index < -0.39 is 0 Å². The molecular weight excluding hydrogens is 262 g/mol. The Morgan fingerprint density at radius 2 is 1.76 bits per heavy atom. The Labute approximate surface area is 128 Å². The monoisotopic (exact) mass is 289 g/mol. The van der Waals surface area contributed by atoms with Gasteiger partial charge in [0.1, 0.15) is 11.5 Å². The SMILES string of the molecule is CCCN1CCC[C@@H]2Cc3c(OC)ccc(OC)c3C[C@H]21. The van der Waals surface area contributed by atoms with Gasteiger partial charge in [-0.25, -0.2) is 0 Å². The molecule has 1 aliphatic carbocycles. The minimum atomic E-state index is 0.687. The highest BCUT2D eigenvalue weighted by atomic mass is 16.5. The smallest absolute Gasteiger partial charge is 0.122 e. The molecule has 2 aliphatic rings. The van der Waals surface area contributed by atoms with Crippen molar-refractivity contribution >= 4 is 0 Å². The maximum atomic E-state index is 5.61. The largest absolute Gasteiger partial charge is 0.496 e. The molecule has 0 saturated carbocycles. The van der Waals surface area contributed by atoms with Crippen LogP contribution in [0.25, 0.3) is 0 Å². The van der Waals surface area contributed by atoms with E-state index in [4.69, 9.17) is 9.47 Å². The third-order valence-corrected chi connectivity index (χ3v) is 5.21. The van der Waals surface area contributed by atoms with Crippen LogP contribution in [-0.2, 0) is 12.8 Å². The van der Waals surface area contributed by atoms with Gasteiger partial charge in [-0.1, -0.05) is 6.92 Å². The maximum Gasteiger partial charge on any atom is 0.122 e. The molecule has 0 spiro atoms. The molecule has 1 fully saturated rings. The van der Waals surface area contributed by atoms with Gasteiger partial charge in [-0.05, 0) is 63.2 Å². The molecule has 0 radical (unpaired) electrons. The molecule has 1 heterocycles. The summed E-state index contributed by atoms with van der Waals surface area (Å²) in [5.41, 5.74) is 2.76. The normalized spacial score (nSPS) is 25.1. The minimum Gasteiger partial charge on any atom is -0.496 e. The Morgan fingerprint density at radius 1 is 1.10 bits per heavy atom. The fourth-order valence-electron chi connectivity index (χ4n) is 4.26. The number of hydrogen-bond donors (Lipinski definition) is 0. The average molecular weight is 289 g/mol. The summed E-state index contributed by atoms with van der Waals surface area (Å²) >= 11 is 0. The summed E-state index contributed by atoms with van der Waals surface area (Å²) < 4.78 is 11.2. The summed E-state index contributed by atoms with van der Waals surface area (Å²) in [4.78, 5) is 2.70. The van der Waals surface area contributed by atoms with Gasteiger partial charge in [-0.2, -0.15) is 0 Å². The van der Waals surface area contributed by atoms with Crippen molar-refractivity contribution in [1.29, 1.82) is 0 Å². The van der Waals surface area contributed by atoms with Crippen LogP contribution in [0.4, 0.5) is 0 Å². The Morgan fingerprint density at radius 3 is 2.38 bits per heavy atom. The molecule has 1 aliphatic heterocycles. The summed E-state index contributed by atoms with van der Waals surface area (Å²) in [5.74, 6) is 2.85. The van der Waals surface area contributed by atoms with Gasteiger partial charge in [-0.3, -0.25) is 4.90 Å². The zero-order valence-corrected chi connectivity index (χ0v) is 13.5. The number of benzene rings is 1. The molecule has 0 unspecified atom stereocenters. The first-order valence-corrected chi connectivity index (χ1v) is 8.25. The van der Waals surface area contributed by atoms with Crippen LogP contribution in [0.2, 0.25) is 0 Å². The van der Waals surface area contributed by atoms with Crippen LogP contribution < -0.4 is 9.47 Å². The predicted octanol–water partition coefficient (Wildman–Crippen LogP) is 3.29. The first-order chi connectivity index (χ1) is 10.3. The second-order valence-electron chi connectivity index (χ2n) is 6.34. The fraction of sp³-hybridized carbons (Fsp3) is 0.667. The Bertz CT molecular complexity index is 498. The zero-order valence-electron chi connectivity index (χ0n) is 13.5. The second kappa shape index (κ2) is 6.27. The maximum absolute atomic E-state index is 5.61. The third-order valence-electron chi connectivity index (χ3n) is 5.21. The lowest BCUT2D eigenvalue weighted by atomic mass is 9.74. The van der Waals surface area contributed by atoms with Crippen LogP contribution in [0.15, 0.2) is 12.1 Å². The molecule has 3 nitrogen and oxygen atoms in total. The van der Waals surface area contributed by atoms with E-state index in [9.17, 15) is 0 Å². The van der Waals surface area contributed by atoms with Crippen LogP contribution in [0.5, 0.6) is 11.5 Å². The van der Waals surface area contributed by atoms with Crippen molar-refractivity contribution in [3.05, 3.63) is 23.3 Å². The van der Waals surface area contributed by atoms with Gasteiger partial charge in [-0.15, -0.1) is 0 Å². The fourth-order valence-corrected chi connectivity index (χ4v) is 4.26. The number of piperidine rings is 1. The summed E-state index contributed by atoms with van der Waals surface area (Å²) in [5, 5.41) is 0. The lowest BCUT2D eigenvalue weighted by molar-refractivity contribution is 0.0842. The molecule has 116 valence electrons. The summed E-state index contributed by atoms with van der Waals surface area (Å²) in [7, 11) is 3.55. The standard InChI is InChI=1S/C18H27NO2/c1-4-9-19-10-5-6-13-11-14-15(12-16(13)19)18(21-3)8-7-17(14)20-2/h7-8,13,16H,4-6,9-12H2,1-3H3/t13-,16-/m1/s1. The van der Waals surface area contributed by atoms with Crippen LogP contribution in [0.1, 0.15) is 37.3 Å². The van der Waals surface area contributed by atoms with Gasteiger partial charge in [0.25, 0.3) is 0 Å². The molecule has 2 atom stereocenters. The van der Waals surface area contributed by atoms with E-state index in [-0.39, 0.29) is 0 Å². The van der Waals surface area contributed by atoms with Crippen molar-refractivity contribution in [3.63, 3.8) is 0 Å². The van der Waals surface area contributed by atoms with Gasteiger partial charge < -0.3 is 9.47 Å². The predicted molar refractivity (Wildman–Crippen MR) is 85.3 cm³/mol. The molecule has 0 bridgehead atoms. The number of ether oxygens (including phenoxy) is 2. The highest BCUT2D eigenvalue weighted by Gasteiger charge is 2.37. The molecule has 1 saturated heterocycles. The first kappa shape index (κ1) is 14.7. The van der Waals surface area contributed by atoms with Gasteiger partial charge in [0.05, 0.1) is 14.2 Å². The van der Waals surface area contributed by atoms with Crippen LogP contribution in [0, 0.1) is 5.92 Å². The minimum absolute atomic E-state index is 0.687. The van der Waals surface area contributed by atoms with Crippen LogP contribution >= 0.6 is 0 Å². The van der Waals surface area contributed by atoms with Crippen molar-refractivity contribution in [1.82, 2.24) is 4.90 Å². The third kappa shape index (κ3) is 2.64. The van der Waals surface area contributed by atoms with Crippen molar-refractivity contribution in [2.45, 2.75) is 45.1 Å². The molecule has 1 aromatic rings. The van der Waals surface area contributed by atoms with Gasteiger partial charge in [0.2, 0.25) is 0 Å². The summed E-state index contributed by atoms with van der Waals surface area (Å²) in [6, 6.07) is 4.81. The highest BCUT2D eigenvalue weighted by molar-refractivity contribution is 5.51. The molecule has 21 heavy (non-hydrogen) atoms. The molecular formula is C18H27NO2. The number of hydrogen-bond acceptors (Lipinski definition) is 3. The molecule has 1 aromatic carbocycles. The van der Waals surface area contributed by atoms with E-state index in [1.165, 1.54) is 43.5 Å². The number of fused-ring (bicyclic) bond motifs is 2. The molecule has 3 rings (SSSR count). The topological polar surface area (TPSA) is 21.7 Å². The van der Waals surface area contributed by atoms with Crippen LogP contribution in [0.3, 0.4) is 0 Å². The Balaban J connectivity index is 1.96. The Hall–Kier alpha value is -1.22.